The van der Waals surface area contributed by atoms with E-state index in [2.05, 4.69) is 20.9 Å². The molecule has 1 saturated heterocycles. The fourth-order valence-electron chi connectivity index (χ4n) is 3.99. The number of hydrogen-bond acceptors (Lipinski definition) is 2. The van der Waals surface area contributed by atoms with Gasteiger partial charge < -0.3 is 9.88 Å². The molecule has 4 heteroatoms. The van der Waals surface area contributed by atoms with Crippen LogP contribution >= 0.6 is 0 Å². The van der Waals surface area contributed by atoms with Crippen LogP contribution in [0.15, 0.2) is 18.2 Å². The topological polar surface area (TPSA) is 49.0 Å². The lowest BCUT2D eigenvalue weighted by molar-refractivity contribution is -0.132. The van der Waals surface area contributed by atoms with Crippen molar-refractivity contribution in [1.82, 2.24) is 14.9 Å². The summed E-state index contributed by atoms with van der Waals surface area (Å²) in [6, 6.07) is 6.09. The molecular formula is C17H21N3O. The number of H-pyrrole nitrogens is 1. The Bertz CT molecular complexity index is 678. The molecule has 2 bridgehead atoms. The van der Waals surface area contributed by atoms with E-state index in [-0.39, 0.29) is 5.91 Å². The number of hydrogen-bond donors (Lipinski definition) is 1. The molecule has 1 amide bonds. The number of benzene rings is 1. The maximum absolute atomic E-state index is 12.5. The largest absolute Gasteiger partial charge is 0.342 e. The number of likely N-dealkylation sites (tertiary alicyclic amines) is 1. The van der Waals surface area contributed by atoms with Crippen molar-refractivity contribution >= 4 is 16.9 Å². The first-order valence-corrected chi connectivity index (χ1v) is 7.90. The number of nitrogens with zero attached hydrogens (tertiary/aromatic N) is 2. The van der Waals surface area contributed by atoms with E-state index in [0.29, 0.717) is 6.42 Å². The monoisotopic (exact) mass is 283 g/mol. The Labute approximate surface area is 124 Å². The van der Waals surface area contributed by atoms with E-state index < -0.39 is 0 Å². The third-order valence-corrected chi connectivity index (χ3v) is 4.98. The Kier molecular flexibility index (Phi) is 2.98. The molecule has 4 nitrogen and oxygen atoms in total. The summed E-state index contributed by atoms with van der Waals surface area (Å²) in [4.78, 5) is 22.3. The number of fused-ring (bicyclic) bond motifs is 3. The molecule has 1 aromatic heterocycles. The van der Waals surface area contributed by atoms with Crippen LogP contribution in [0.4, 0.5) is 0 Å². The third kappa shape index (κ3) is 2.43. The number of carbonyl (C=O) groups is 1. The highest BCUT2D eigenvalue weighted by atomic mass is 16.2. The van der Waals surface area contributed by atoms with Crippen molar-refractivity contribution < 1.29 is 4.79 Å². The molecule has 1 aliphatic heterocycles. The summed E-state index contributed by atoms with van der Waals surface area (Å²) in [5.41, 5.74) is 3.07. The van der Waals surface area contributed by atoms with Crippen molar-refractivity contribution in [2.24, 2.45) is 11.8 Å². The number of aromatic nitrogens is 2. The molecular weight excluding hydrogens is 262 g/mol. The fourth-order valence-corrected chi connectivity index (χ4v) is 3.99. The van der Waals surface area contributed by atoms with Gasteiger partial charge >= 0.3 is 0 Å². The molecule has 2 fully saturated rings. The van der Waals surface area contributed by atoms with Crippen LogP contribution in [0.1, 0.15) is 30.7 Å². The zero-order valence-corrected chi connectivity index (χ0v) is 12.4. The molecule has 1 N–H and O–H groups in total. The van der Waals surface area contributed by atoms with Crippen LogP contribution in [0.2, 0.25) is 0 Å². The van der Waals surface area contributed by atoms with Crippen molar-refractivity contribution in [1.29, 1.82) is 0 Å². The van der Waals surface area contributed by atoms with Crippen molar-refractivity contribution in [2.45, 2.75) is 32.6 Å². The molecule has 1 saturated carbocycles. The van der Waals surface area contributed by atoms with Crippen LogP contribution in [0.3, 0.4) is 0 Å². The summed E-state index contributed by atoms with van der Waals surface area (Å²) >= 11 is 0. The van der Waals surface area contributed by atoms with Crippen LogP contribution in [-0.4, -0.2) is 33.9 Å². The van der Waals surface area contributed by atoms with Gasteiger partial charge in [0.15, 0.2) is 0 Å². The lowest BCUT2D eigenvalue weighted by Gasteiger charge is -2.32. The van der Waals surface area contributed by atoms with Gasteiger partial charge in [-0.05, 0) is 55.7 Å². The van der Waals surface area contributed by atoms with E-state index in [4.69, 9.17) is 0 Å². The van der Waals surface area contributed by atoms with Gasteiger partial charge in [-0.1, -0.05) is 6.07 Å². The quantitative estimate of drug-likeness (QED) is 0.921. The zero-order chi connectivity index (χ0) is 14.4. The number of aromatic amines is 1. The number of carbonyl (C=O) groups excluding carboxylic acids is 1. The zero-order valence-electron chi connectivity index (χ0n) is 12.4. The average molecular weight is 283 g/mol. The molecule has 2 aromatic rings. The van der Waals surface area contributed by atoms with Gasteiger partial charge in [-0.25, -0.2) is 4.98 Å². The highest BCUT2D eigenvalue weighted by molar-refractivity contribution is 5.82. The van der Waals surface area contributed by atoms with Gasteiger partial charge in [0.25, 0.3) is 0 Å². The van der Waals surface area contributed by atoms with Gasteiger partial charge in [0, 0.05) is 13.1 Å². The molecule has 21 heavy (non-hydrogen) atoms. The molecule has 4 rings (SSSR count). The summed E-state index contributed by atoms with van der Waals surface area (Å²) in [5.74, 6) is 2.71. The first-order chi connectivity index (χ1) is 10.2. The molecule has 2 aliphatic rings. The van der Waals surface area contributed by atoms with Crippen LogP contribution in [0, 0.1) is 18.8 Å². The number of aryl methyl sites for hydroxylation is 1. The summed E-state index contributed by atoms with van der Waals surface area (Å²) < 4.78 is 0. The Balaban J connectivity index is 1.49. The minimum atomic E-state index is 0.280. The van der Waals surface area contributed by atoms with Gasteiger partial charge in [0.2, 0.25) is 5.91 Å². The molecule has 2 heterocycles. The lowest BCUT2D eigenvalue weighted by Crippen LogP contribution is -2.41. The number of imidazole rings is 1. The maximum atomic E-state index is 12.5. The van der Waals surface area contributed by atoms with Gasteiger partial charge in [-0.3, -0.25) is 4.79 Å². The average Bonchev–Trinajstić information content (AvgIpc) is 2.99. The van der Waals surface area contributed by atoms with E-state index in [0.717, 1.165) is 47.3 Å². The predicted molar refractivity (Wildman–Crippen MR) is 81.9 cm³/mol. The Hall–Kier alpha value is -1.84. The smallest absolute Gasteiger partial charge is 0.227 e. The number of amides is 1. The van der Waals surface area contributed by atoms with Crippen molar-refractivity contribution in [2.75, 3.05) is 13.1 Å². The van der Waals surface area contributed by atoms with Crippen LogP contribution in [0.5, 0.6) is 0 Å². The Morgan fingerprint density at radius 3 is 2.86 bits per heavy atom. The third-order valence-electron chi connectivity index (χ3n) is 4.98. The maximum Gasteiger partial charge on any atom is 0.227 e. The second-order valence-corrected chi connectivity index (χ2v) is 6.69. The summed E-state index contributed by atoms with van der Waals surface area (Å²) in [7, 11) is 0. The van der Waals surface area contributed by atoms with Crippen LogP contribution < -0.4 is 0 Å². The molecule has 0 spiro atoms. The predicted octanol–water partition coefficient (Wildman–Crippen LogP) is 2.67. The highest BCUT2D eigenvalue weighted by Crippen LogP contribution is 2.36. The number of piperidine rings is 1. The van der Waals surface area contributed by atoms with Gasteiger partial charge in [-0.15, -0.1) is 0 Å². The summed E-state index contributed by atoms with van der Waals surface area (Å²) in [6.45, 7) is 3.90. The van der Waals surface area contributed by atoms with Gasteiger partial charge in [0.05, 0.1) is 17.5 Å². The second kappa shape index (κ2) is 4.86. The molecule has 110 valence electrons. The molecule has 0 radical (unpaired) electrons. The number of nitrogens with one attached hydrogen (secondary N) is 1. The minimum Gasteiger partial charge on any atom is -0.342 e. The van der Waals surface area contributed by atoms with Crippen LogP contribution in [0.25, 0.3) is 11.0 Å². The van der Waals surface area contributed by atoms with E-state index in [1.54, 1.807) is 0 Å². The van der Waals surface area contributed by atoms with E-state index in [1.807, 2.05) is 19.1 Å². The summed E-state index contributed by atoms with van der Waals surface area (Å²) in [6.07, 6.45) is 4.47. The van der Waals surface area contributed by atoms with Crippen molar-refractivity contribution in [3.63, 3.8) is 0 Å². The second-order valence-electron chi connectivity index (χ2n) is 6.69. The van der Waals surface area contributed by atoms with E-state index >= 15 is 0 Å². The standard InChI is InChI=1S/C17H21N3O/c1-11-18-15-5-4-12(7-16(15)19-11)8-17(21)20-9-13-2-3-14(6-13)10-20/h4-5,7,13-14H,2-3,6,8-10H2,1H3,(H,18,19)/t13-,14+. The van der Waals surface area contributed by atoms with E-state index in [9.17, 15) is 4.79 Å². The lowest BCUT2D eigenvalue weighted by atomic mass is 9.98. The summed E-state index contributed by atoms with van der Waals surface area (Å²) in [5, 5.41) is 0. The first kappa shape index (κ1) is 12.9. The fraction of sp³-hybridized carbons (Fsp3) is 0.529. The normalized spacial score (nSPS) is 24.7. The van der Waals surface area contributed by atoms with Crippen molar-refractivity contribution in [3.05, 3.63) is 29.6 Å². The SMILES string of the molecule is Cc1nc2ccc(CC(=O)N3C[C@@H]4CC[C@@H](C4)C3)cc2[nH]1. The Morgan fingerprint density at radius 1 is 1.33 bits per heavy atom. The molecule has 2 atom stereocenters. The molecule has 0 unspecified atom stereocenters. The molecule has 1 aromatic carbocycles. The van der Waals surface area contributed by atoms with Crippen LogP contribution in [-0.2, 0) is 11.2 Å². The highest BCUT2D eigenvalue weighted by Gasteiger charge is 2.34. The minimum absolute atomic E-state index is 0.280. The van der Waals surface area contributed by atoms with Gasteiger partial charge in [0.1, 0.15) is 5.82 Å². The molecule has 1 aliphatic carbocycles. The van der Waals surface area contributed by atoms with Crippen molar-refractivity contribution in [3.8, 4) is 0 Å². The van der Waals surface area contributed by atoms with E-state index in [1.165, 1.54) is 19.3 Å². The van der Waals surface area contributed by atoms with Gasteiger partial charge in [-0.2, -0.15) is 0 Å². The Morgan fingerprint density at radius 2 is 2.10 bits per heavy atom. The number of rotatable bonds is 2. The first-order valence-electron chi connectivity index (χ1n) is 7.90.